The van der Waals surface area contributed by atoms with E-state index in [2.05, 4.69) is 59.4 Å². The van der Waals surface area contributed by atoms with E-state index in [-0.39, 0.29) is 0 Å². The van der Waals surface area contributed by atoms with Gasteiger partial charge in [-0.2, -0.15) is 0 Å². The molecular weight excluding hydrogens is 208 g/mol. The van der Waals surface area contributed by atoms with Crippen LogP contribution < -0.4 is 5.32 Å². The predicted octanol–water partition coefficient (Wildman–Crippen LogP) is 2.88. The summed E-state index contributed by atoms with van der Waals surface area (Å²) in [6, 6.07) is 13.5. The third kappa shape index (κ3) is 2.01. The number of nitrogens with one attached hydrogen (secondary N) is 1. The average molecular weight is 226 g/mol. The highest BCUT2D eigenvalue weighted by molar-refractivity contribution is 5.32. The molecule has 0 radical (unpaired) electrons. The van der Waals surface area contributed by atoms with Gasteiger partial charge < -0.3 is 9.88 Å². The van der Waals surface area contributed by atoms with Gasteiger partial charge in [0.1, 0.15) is 0 Å². The van der Waals surface area contributed by atoms with Gasteiger partial charge in [0.25, 0.3) is 0 Å². The molecule has 0 amide bonds. The molecule has 0 fully saturated rings. The average Bonchev–Trinajstić information content (AvgIpc) is 2.69. The molecule has 1 aromatic carbocycles. The van der Waals surface area contributed by atoms with Gasteiger partial charge in [-0.1, -0.05) is 29.8 Å². The zero-order chi connectivity index (χ0) is 11.7. The van der Waals surface area contributed by atoms with Crippen LogP contribution >= 0.6 is 0 Å². The van der Waals surface area contributed by atoms with Crippen LogP contribution in [0.1, 0.15) is 29.3 Å². The van der Waals surface area contributed by atoms with E-state index < -0.39 is 0 Å². The van der Waals surface area contributed by atoms with Gasteiger partial charge in [-0.25, -0.2) is 0 Å². The van der Waals surface area contributed by atoms with Gasteiger partial charge in [0.05, 0.1) is 6.04 Å². The van der Waals surface area contributed by atoms with Crippen molar-refractivity contribution >= 4 is 0 Å². The van der Waals surface area contributed by atoms with Crippen molar-refractivity contribution in [2.24, 2.45) is 0 Å². The van der Waals surface area contributed by atoms with Crippen molar-refractivity contribution in [3.63, 3.8) is 0 Å². The molecule has 1 aliphatic rings. The van der Waals surface area contributed by atoms with Crippen molar-refractivity contribution in [2.45, 2.75) is 25.9 Å². The summed E-state index contributed by atoms with van der Waals surface area (Å²) in [5.74, 6) is 0. The molecule has 2 heterocycles. The second kappa shape index (κ2) is 4.38. The van der Waals surface area contributed by atoms with E-state index in [9.17, 15) is 0 Å². The number of hydrogen-bond acceptors (Lipinski definition) is 1. The molecule has 1 unspecified atom stereocenters. The molecule has 0 aliphatic carbocycles. The Morgan fingerprint density at radius 2 is 2.18 bits per heavy atom. The lowest BCUT2D eigenvalue weighted by Crippen LogP contribution is -2.22. The first-order chi connectivity index (χ1) is 8.34. The number of hydrogen-bond donors (Lipinski definition) is 1. The van der Waals surface area contributed by atoms with Crippen LogP contribution in [0, 0.1) is 6.92 Å². The van der Waals surface area contributed by atoms with Crippen LogP contribution in [-0.2, 0) is 6.54 Å². The van der Waals surface area contributed by atoms with Crippen LogP contribution in [0.5, 0.6) is 0 Å². The van der Waals surface area contributed by atoms with Gasteiger partial charge in [0.2, 0.25) is 0 Å². The number of nitrogens with zero attached hydrogens (tertiary/aromatic N) is 1. The zero-order valence-electron chi connectivity index (χ0n) is 10.2. The number of aryl methyl sites for hydroxylation is 2. The van der Waals surface area contributed by atoms with Crippen LogP contribution in [0.25, 0.3) is 0 Å². The number of benzene rings is 1. The fourth-order valence-electron chi connectivity index (χ4n) is 2.63. The number of rotatable bonds is 1. The summed E-state index contributed by atoms with van der Waals surface area (Å²) < 4.78 is 2.37. The Morgan fingerprint density at radius 1 is 1.24 bits per heavy atom. The Kier molecular flexibility index (Phi) is 2.73. The molecule has 88 valence electrons. The minimum absolute atomic E-state index is 0.340. The van der Waals surface area contributed by atoms with Gasteiger partial charge in [-0.05, 0) is 37.6 Å². The molecule has 3 rings (SSSR count). The molecule has 0 saturated carbocycles. The third-order valence-corrected chi connectivity index (χ3v) is 3.46. The van der Waals surface area contributed by atoms with E-state index in [4.69, 9.17) is 0 Å². The summed E-state index contributed by atoms with van der Waals surface area (Å²) >= 11 is 0. The number of aromatic nitrogens is 1. The minimum Gasteiger partial charge on any atom is -0.350 e. The number of fused-ring (bicyclic) bond motifs is 1. The van der Waals surface area contributed by atoms with E-state index in [0.717, 1.165) is 13.1 Å². The van der Waals surface area contributed by atoms with Crippen LogP contribution in [0.4, 0.5) is 0 Å². The maximum atomic E-state index is 3.65. The van der Waals surface area contributed by atoms with Crippen molar-refractivity contribution < 1.29 is 0 Å². The largest absolute Gasteiger partial charge is 0.350 e. The summed E-state index contributed by atoms with van der Waals surface area (Å²) in [5.41, 5.74) is 4.08. The first kappa shape index (κ1) is 10.6. The highest BCUT2D eigenvalue weighted by atomic mass is 15.1. The summed E-state index contributed by atoms with van der Waals surface area (Å²) in [4.78, 5) is 0. The lowest BCUT2D eigenvalue weighted by molar-refractivity contribution is 0.608. The van der Waals surface area contributed by atoms with Gasteiger partial charge in [-0.15, -0.1) is 0 Å². The first-order valence-electron chi connectivity index (χ1n) is 6.29. The predicted molar refractivity (Wildman–Crippen MR) is 70.1 cm³/mol. The first-order valence-corrected chi connectivity index (χ1v) is 6.29. The molecule has 0 spiro atoms. The molecule has 2 nitrogen and oxygen atoms in total. The molecule has 0 bridgehead atoms. The summed E-state index contributed by atoms with van der Waals surface area (Å²) in [6.07, 6.45) is 3.38. The zero-order valence-corrected chi connectivity index (χ0v) is 10.2. The van der Waals surface area contributed by atoms with Crippen molar-refractivity contribution in [2.75, 3.05) is 6.54 Å². The highest BCUT2D eigenvalue weighted by Crippen LogP contribution is 2.25. The quantitative estimate of drug-likeness (QED) is 0.791. The molecule has 0 saturated heterocycles. The Balaban J connectivity index is 2.03. The van der Waals surface area contributed by atoms with Crippen LogP contribution in [-0.4, -0.2) is 11.1 Å². The SMILES string of the molecule is Cc1cccc(C2NCCCn3cccc32)c1. The fraction of sp³-hybridized carbons (Fsp3) is 0.333. The molecule has 17 heavy (non-hydrogen) atoms. The molecule has 2 aromatic rings. The smallest absolute Gasteiger partial charge is 0.0731 e. The summed E-state index contributed by atoms with van der Waals surface area (Å²) in [7, 11) is 0. The summed E-state index contributed by atoms with van der Waals surface area (Å²) in [5, 5.41) is 3.65. The second-order valence-corrected chi connectivity index (χ2v) is 4.78. The minimum atomic E-state index is 0.340. The maximum absolute atomic E-state index is 3.65. The molecule has 1 atom stereocenters. The Labute approximate surface area is 102 Å². The lowest BCUT2D eigenvalue weighted by Gasteiger charge is -2.18. The van der Waals surface area contributed by atoms with Gasteiger partial charge >= 0.3 is 0 Å². The van der Waals surface area contributed by atoms with E-state index in [1.165, 1.54) is 23.2 Å². The fourth-order valence-corrected chi connectivity index (χ4v) is 2.63. The van der Waals surface area contributed by atoms with Gasteiger partial charge in [0, 0.05) is 18.4 Å². The Hall–Kier alpha value is -1.54. The van der Waals surface area contributed by atoms with Crippen LogP contribution in [0.15, 0.2) is 42.6 Å². The highest BCUT2D eigenvalue weighted by Gasteiger charge is 2.19. The maximum Gasteiger partial charge on any atom is 0.0731 e. The van der Waals surface area contributed by atoms with Crippen molar-refractivity contribution in [1.29, 1.82) is 0 Å². The molecular formula is C15H18N2. The van der Waals surface area contributed by atoms with E-state index in [0.29, 0.717) is 6.04 Å². The third-order valence-electron chi connectivity index (χ3n) is 3.46. The molecule has 1 aromatic heterocycles. The van der Waals surface area contributed by atoms with E-state index in [1.54, 1.807) is 0 Å². The van der Waals surface area contributed by atoms with Crippen molar-refractivity contribution in [1.82, 2.24) is 9.88 Å². The second-order valence-electron chi connectivity index (χ2n) is 4.78. The van der Waals surface area contributed by atoms with Crippen LogP contribution in [0.3, 0.4) is 0 Å². The van der Waals surface area contributed by atoms with Gasteiger partial charge in [-0.3, -0.25) is 0 Å². The summed E-state index contributed by atoms with van der Waals surface area (Å²) in [6.45, 7) is 4.36. The Bertz CT molecular complexity index is 513. The van der Waals surface area contributed by atoms with Crippen LogP contribution in [0.2, 0.25) is 0 Å². The molecule has 2 heteroatoms. The van der Waals surface area contributed by atoms with E-state index >= 15 is 0 Å². The normalized spacial score (nSPS) is 19.7. The topological polar surface area (TPSA) is 17.0 Å². The monoisotopic (exact) mass is 226 g/mol. The van der Waals surface area contributed by atoms with Gasteiger partial charge in [0.15, 0.2) is 0 Å². The molecule has 1 N–H and O–H groups in total. The standard InChI is InChI=1S/C15H18N2/c1-12-5-2-6-13(11-12)15-14-7-3-9-17(14)10-4-8-16-15/h2-3,5-7,9,11,15-16H,4,8,10H2,1H3. The Morgan fingerprint density at radius 3 is 3.06 bits per heavy atom. The lowest BCUT2D eigenvalue weighted by atomic mass is 10.0. The van der Waals surface area contributed by atoms with Crippen molar-refractivity contribution in [3.05, 3.63) is 59.4 Å². The van der Waals surface area contributed by atoms with E-state index in [1.807, 2.05) is 0 Å². The molecule has 1 aliphatic heterocycles. The van der Waals surface area contributed by atoms with Crippen molar-refractivity contribution in [3.8, 4) is 0 Å².